The van der Waals surface area contributed by atoms with Crippen molar-refractivity contribution in [2.24, 2.45) is 0 Å². The summed E-state index contributed by atoms with van der Waals surface area (Å²) in [7, 11) is 0. The smallest absolute Gasteiger partial charge is 0.270 e. The molecule has 1 amide bonds. The van der Waals surface area contributed by atoms with Crippen LogP contribution in [0.1, 0.15) is 21.6 Å². The van der Waals surface area contributed by atoms with E-state index >= 15 is 0 Å². The first kappa shape index (κ1) is 16.8. The van der Waals surface area contributed by atoms with E-state index in [4.69, 9.17) is 5.73 Å². The van der Waals surface area contributed by atoms with Crippen molar-refractivity contribution in [3.05, 3.63) is 77.6 Å². The minimum atomic E-state index is -0.252. The molecule has 2 heterocycles. The number of nitrogen functional groups attached to an aromatic ring is 1. The number of carbonyl (C=O) groups is 1. The van der Waals surface area contributed by atoms with Gasteiger partial charge in [-0.25, -0.2) is 0 Å². The topological polar surface area (TPSA) is 96.7 Å². The number of hydrogen-bond acceptors (Lipinski definition) is 4. The Hall–Kier alpha value is -3.67. The third-order valence-electron chi connectivity index (χ3n) is 4.64. The summed E-state index contributed by atoms with van der Waals surface area (Å²) in [6, 6.07) is 17.4. The number of anilines is 1. The third kappa shape index (κ3) is 3.13. The van der Waals surface area contributed by atoms with Crippen molar-refractivity contribution in [1.29, 1.82) is 0 Å². The minimum absolute atomic E-state index is 0.252. The maximum Gasteiger partial charge on any atom is 0.270 e. The lowest BCUT2D eigenvalue weighted by Crippen LogP contribution is -2.24. The standard InChI is InChI=1S/C21H19N5O/c1-13-9-10-17-15(8-5-11-23-17)16(13)12-24-21(27)19-18(20(22)26-25-19)14-6-3-2-4-7-14/h2-11H,12H2,1H3,(H,24,27)(H3,22,25,26). The number of benzene rings is 2. The summed E-state index contributed by atoms with van der Waals surface area (Å²) in [5.41, 5.74) is 10.9. The van der Waals surface area contributed by atoms with Gasteiger partial charge in [0.25, 0.3) is 5.91 Å². The normalized spacial score (nSPS) is 10.9. The zero-order valence-electron chi connectivity index (χ0n) is 14.9. The van der Waals surface area contributed by atoms with Gasteiger partial charge >= 0.3 is 0 Å². The Morgan fingerprint density at radius 2 is 1.93 bits per heavy atom. The number of aromatic amines is 1. The van der Waals surface area contributed by atoms with Gasteiger partial charge in [-0.3, -0.25) is 14.9 Å². The molecule has 0 unspecified atom stereocenters. The van der Waals surface area contributed by atoms with Gasteiger partial charge in [0.1, 0.15) is 5.69 Å². The highest BCUT2D eigenvalue weighted by molar-refractivity contribution is 6.01. The van der Waals surface area contributed by atoms with Crippen LogP contribution < -0.4 is 11.1 Å². The number of nitrogens with zero attached hydrogens (tertiary/aromatic N) is 2. The van der Waals surface area contributed by atoms with Gasteiger partial charge in [-0.15, -0.1) is 0 Å². The fourth-order valence-electron chi connectivity index (χ4n) is 3.23. The maximum atomic E-state index is 12.8. The quantitative estimate of drug-likeness (QED) is 0.521. The van der Waals surface area contributed by atoms with Crippen LogP contribution in [0.5, 0.6) is 0 Å². The SMILES string of the molecule is Cc1ccc2ncccc2c1CNC(=O)c1[nH]nc(N)c1-c1ccccc1. The molecule has 0 saturated heterocycles. The number of amides is 1. The van der Waals surface area contributed by atoms with E-state index in [2.05, 4.69) is 20.5 Å². The Labute approximate surface area is 156 Å². The first-order valence-electron chi connectivity index (χ1n) is 8.66. The fraction of sp³-hybridized carbons (Fsp3) is 0.0952. The van der Waals surface area contributed by atoms with E-state index in [1.54, 1.807) is 6.20 Å². The molecule has 4 aromatic rings. The average Bonchev–Trinajstić information content (AvgIpc) is 3.09. The lowest BCUT2D eigenvalue weighted by molar-refractivity contribution is 0.0946. The maximum absolute atomic E-state index is 12.8. The summed E-state index contributed by atoms with van der Waals surface area (Å²) < 4.78 is 0. The van der Waals surface area contributed by atoms with Gasteiger partial charge in [0.2, 0.25) is 0 Å². The fourth-order valence-corrected chi connectivity index (χ4v) is 3.23. The summed E-state index contributed by atoms with van der Waals surface area (Å²) in [5, 5.41) is 10.8. The summed E-state index contributed by atoms with van der Waals surface area (Å²) in [5.74, 6) is 0.0511. The van der Waals surface area contributed by atoms with Gasteiger partial charge in [-0.1, -0.05) is 42.5 Å². The van der Waals surface area contributed by atoms with Crippen LogP contribution in [0.2, 0.25) is 0 Å². The molecule has 0 bridgehead atoms. The molecule has 0 fully saturated rings. The van der Waals surface area contributed by atoms with E-state index in [0.717, 1.165) is 27.6 Å². The number of nitrogens with two attached hydrogens (primary N) is 1. The molecule has 0 aliphatic carbocycles. The van der Waals surface area contributed by atoms with Crippen LogP contribution >= 0.6 is 0 Å². The Bertz CT molecular complexity index is 1120. The van der Waals surface area contributed by atoms with Crippen molar-refractivity contribution < 1.29 is 4.79 Å². The van der Waals surface area contributed by atoms with Gasteiger partial charge in [-0.05, 0) is 35.7 Å². The minimum Gasteiger partial charge on any atom is -0.382 e. The highest BCUT2D eigenvalue weighted by atomic mass is 16.1. The summed E-state index contributed by atoms with van der Waals surface area (Å²) in [4.78, 5) is 17.2. The van der Waals surface area contributed by atoms with E-state index in [1.165, 1.54) is 0 Å². The molecule has 0 saturated carbocycles. The van der Waals surface area contributed by atoms with E-state index in [-0.39, 0.29) is 5.91 Å². The summed E-state index contributed by atoms with van der Waals surface area (Å²) in [6.45, 7) is 2.42. The second-order valence-electron chi connectivity index (χ2n) is 6.34. The molecule has 0 aliphatic rings. The number of nitrogens with one attached hydrogen (secondary N) is 2. The van der Waals surface area contributed by atoms with Gasteiger partial charge in [-0.2, -0.15) is 5.10 Å². The molecular formula is C21H19N5O. The van der Waals surface area contributed by atoms with Crippen LogP contribution in [-0.2, 0) is 6.54 Å². The molecule has 0 aliphatic heterocycles. The molecule has 0 radical (unpaired) electrons. The van der Waals surface area contributed by atoms with Crippen LogP contribution in [0.3, 0.4) is 0 Å². The second kappa shape index (κ2) is 6.92. The number of aryl methyl sites for hydroxylation is 1. The molecule has 2 aromatic carbocycles. The summed E-state index contributed by atoms with van der Waals surface area (Å²) >= 11 is 0. The van der Waals surface area contributed by atoms with E-state index in [9.17, 15) is 4.79 Å². The number of H-pyrrole nitrogens is 1. The predicted molar refractivity (Wildman–Crippen MR) is 106 cm³/mol. The monoisotopic (exact) mass is 357 g/mol. The van der Waals surface area contributed by atoms with Crippen molar-refractivity contribution in [2.75, 3.05) is 5.73 Å². The zero-order chi connectivity index (χ0) is 18.8. The Morgan fingerprint density at radius 1 is 1.11 bits per heavy atom. The molecular weight excluding hydrogens is 338 g/mol. The largest absolute Gasteiger partial charge is 0.382 e. The highest BCUT2D eigenvalue weighted by Crippen LogP contribution is 2.28. The van der Waals surface area contributed by atoms with Gasteiger partial charge in [0.05, 0.1) is 11.1 Å². The molecule has 6 nitrogen and oxygen atoms in total. The third-order valence-corrected chi connectivity index (χ3v) is 4.64. The van der Waals surface area contributed by atoms with Crippen molar-refractivity contribution in [2.45, 2.75) is 13.5 Å². The average molecular weight is 357 g/mol. The van der Waals surface area contributed by atoms with E-state index < -0.39 is 0 Å². The number of hydrogen-bond donors (Lipinski definition) is 3. The Morgan fingerprint density at radius 3 is 2.74 bits per heavy atom. The number of rotatable bonds is 4. The van der Waals surface area contributed by atoms with Crippen LogP contribution in [-0.4, -0.2) is 21.1 Å². The van der Waals surface area contributed by atoms with Crippen LogP contribution in [0.25, 0.3) is 22.0 Å². The molecule has 4 N–H and O–H groups in total. The van der Waals surface area contributed by atoms with Crippen molar-refractivity contribution in [3.8, 4) is 11.1 Å². The lowest BCUT2D eigenvalue weighted by atomic mass is 10.0. The van der Waals surface area contributed by atoms with Gasteiger partial charge < -0.3 is 11.1 Å². The number of aromatic nitrogens is 3. The number of fused-ring (bicyclic) bond motifs is 1. The van der Waals surface area contributed by atoms with E-state index in [0.29, 0.717) is 23.6 Å². The van der Waals surface area contributed by atoms with E-state index in [1.807, 2.05) is 61.5 Å². The van der Waals surface area contributed by atoms with Crippen LogP contribution in [0.15, 0.2) is 60.8 Å². The highest BCUT2D eigenvalue weighted by Gasteiger charge is 2.19. The molecule has 134 valence electrons. The van der Waals surface area contributed by atoms with Gasteiger partial charge in [0, 0.05) is 18.1 Å². The van der Waals surface area contributed by atoms with Crippen LogP contribution in [0, 0.1) is 6.92 Å². The molecule has 0 spiro atoms. The lowest BCUT2D eigenvalue weighted by Gasteiger charge is -2.11. The zero-order valence-corrected chi connectivity index (χ0v) is 14.9. The first-order valence-corrected chi connectivity index (χ1v) is 8.66. The Balaban J connectivity index is 1.63. The van der Waals surface area contributed by atoms with Crippen molar-refractivity contribution in [3.63, 3.8) is 0 Å². The van der Waals surface area contributed by atoms with Crippen molar-refractivity contribution >= 4 is 22.6 Å². The molecule has 0 atom stereocenters. The van der Waals surface area contributed by atoms with Crippen LogP contribution in [0.4, 0.5) is 5.82 Å². The Kier molecular flexibility index (Phi) is 4.30. The first-order chi connectivity index (χ1) is 13.1. The molecule has 2 aromatic heterocycles. The second-order valence-corrected chi connectivity index (χ2v) is 6.34. The molecule has 6 heteroatoms. The van der Waals surface area contributed by atoms with Crippen molar-refractivity contribution in [1.82, 2.24) is 20.5 Å². The van der Waals surface area contributed by atoms with Gasteiger partial charge in [0.15, 0.2) is 5.82 Å². The molecule has 4 rings (SSSR count). The number of pyridine rings is 1. The predicted octanol–water partition coefficient (Wildman–Crippen LogP) is 3.45. The molecule has 27 heavy (non-hydrogen) atoms. The summed E-state index contributed by atoms with van der Waals surface area (Å²) in [6.07, 6.45) is 1.76. The number of carbonyl (C=O) groups excluding carboxylic acids is 1.